The van der Waals surface area contributed by atoms with E-state index in [9.17, 15) is 4.79 Å². The van der Waals surface area contributed by atoms with Crippen LogP contribution < -0.4 is 10.6 Å². The molecule has 0 spiro atoms. The number of pyridine rings is 1. The monoisotopic (exact) mass is 366 g/mol. The van der Waals surface area contributed by atoms with E-state index in [0.29, 0.717) is 12.5 Å². The van der Waals surface area contributed by atoms with Crippen LogP contribution in [0.1, 0.15) is 12.8 Å². The molecule has 0 bridgehead atoms. The molecule has 4 aromatic rings. The van der Waals surface area contributed by atoms with Crippen LogP contribution in [0.4, 0.5) is 5.82 Å². The van der Waals surface area contributed by atoms with E-state index in [4.69, 9.17) is 0 Å². The predicted molar refractivity (Wildman–Crippen MR) is 103 cm³/mol. The number of aromatic amines is 1. The zero-order chi connectivity index (χ0) is 17.5. The minimum Gasteiger partial charge on any atom is -0.355 e. The van der Waals surface area contributed by atoms with E-state index < -0.39 is 0 Å². The minimum atomic E-state index is -0.0720. The van der Waals surface area contributed by atoms with E-state index in [1.165, 1.54) is 0 Å². The van der Waals surface area contributed by atoms with Crippen molar-refractivity contribution in [1.29, 1.82) is 0 Å². The lowest BCUT2D eigenvalue weighted by atomic mass is 9.96. The number of nitrogens with one attached hydrogen (secondary N) is 1. The van der Waals surface area contributed by atoms with Crippen LogP contribution in [-0.4, -0.2) is 37.6 Å². The highest BCUT2D eigenvalue weighted by molar-refractivity contribution is 7.17. The fourth-order valence-corrected chi connectivity index (χ4v) is 4.61. The summed E-state index contributed by atoms with van der Waals surface area (Å²) in [5, 5.41) is 2.06. The van der Waals surface area contributed by atoms with Gasteiger partial charge in [-0.2, -0.15) is 0 Å². The Balaban J connectivity index is 1.34. The summed E-state index contributed by atoms with van der Waals surface area (Å²) in [5.74, 6) is 1.50. The number of fused-ring (bicyclic) bond motifs is 2. The molecule has 0 amide bonds. The number of hydrogen-bond donors (Lipinski definition) is 1. The predicted octanol–water partition coefficient (Wildman–Crippen LogP) is 2.65. The van der Waals surface area contributed by atoms with Crippen LogP contribution in [0.25, 0.3) is 21.4 Å². The number of H-pyrrole nitrogens is 1. The molecule has 1 N–H and O–H groups in total. The number of hydrogen-bond acceptors (Lipinski definition) is 6. The number of nitrogens with zero attached hydrogens (tertiary/aromatic N) is 5. The Hall–Kier alpha value is -2.74. The van der Waals surface area contributed by atoms with E-state index in [0.717, 1.165) is 53.1 Å². The first-order valence-corrected chi connectivity index (χ1v) is 9.64. The summed E-state index contributed by atoms with van der Waals surface area (Å²) < 4.78 is 2.93. The van der Waals surface area contributed by atoms with Crippen molar-refractivity contribution in [3.05, 3.63) is 46.6 Å². The Labute approximate surface area is 153 Å². The lowest BCUT2D eigenvalue weighted by molar-refractivity contribution is 0.356. The molecule has 7 nitrogen and oxygen atoms in total. The summed E-state index contributed by atoms with van der Waals surface area (Å²) in [6.45, 7) is 2.60. The third-order valence-electron chi connectivity index (χ3n) is 5.11. The average Bonchev–Trinajstić information content (AvgIpc) is 3.27. The maximum atomic E-state index is 12.3. The number of rotatable bonds is 3. The summed E-state index contributed by atoms with van der Waals surface area (Å²) in [5.41, 5.74) is 2.49. The zero-order valence-corrected chi connectivity index (χ0v) is 14.9. The van der Waals surface area contributed by atoms with Gasteiger partial charge < -0.3 is 9.88 Å². The molecule has 0 unspecified atom stereocenters. The van der Waals surface area contributed by atoms with Crippen LogP contribution in [-0.2, 0) is 6.54 Å². The van der Waals surface area contributed by atoms with Crippen LogP contribution in [0.3, 0.4) is 0 Å². The molecule has 0 aromatic carbocycles. The normalized spacial score (nSPS) is 15.9. The molecule has 4 aromatic heterocycles. The molecule has 26 heavy (non-hydrogen) atoms. The Morgan fingerprint density at radius 3 is 2.96 bits per heavy atom. The molecule has 0 saturated carbocycles. The van der Waals surface area contributed by atoms with Crippen LogP contribution in [0, 0.1) is 5.92 Å². The third-order valence-corrected chi connectivity index (χ3v) is 6.01. The number of aromatic nitrogens is 5. The smallest absolute Gasteiger partial charge is 0.327 e. The zero-order valence-electron chi connectivity index (χ0n) is 14.1. The van der Waals surface area contributed by atoms with Crippen molar-refractivity contribution in [2.24, 2.45) is 5.92 Å². The van der Waals surface area contributed by atoms with Gasteiger partial charge >= 0.3 is 5.69 Å². The SMILES string of the molecule is O=c1[nH]c2cccnc2n1CC1CCN(c2ncnc3ccsc23)CC1. The first-order chi connectivity index (χ1) is 12.8. The summed E-state index contributed by atoms with van der Waals surface area (Å²) >= 11 is 1.69. The van der Waals surface area contributed by atoms with Crippen molar-refractivity contribution in [3.8, 4) is 0 Å². The Kier molecular flexibility index (Phi) is 3.70. The molecule has 1 saturated heterocycles. The molecule has 5 rings (SSSR count). The van der Waals surface area contributed by atoms with E-state index in [2.05, 4.69) is 30.2 Å². The summed E-state index contributed by atoms with van der Waals surface area (Å²) in [7, 11) is 0. The van der Waals surface area contributed by atoms with Crippen molar-refractivity contribution in [2.45, 2.75) is 19.4 Å². The molecule has 1 aliphatic rings. The molecule has 0 aliphatic carbocycles. The Morgan fingerprint density at radius 1 is 1.19 bits per heavy atom. The highest BCUT2D eigenvalue weighted by Crippen LogP contribution is 2.31. The van der Waals surface area contributed by atoms with Crippen molar-refractivity contribution in [1.82, 2.24) is 24.5 Å². The molecule has 132 valence electrons. The lowest BCUT2D eigenvalue weighted by Crippen LogP contribution is -2.36. The second kappa shape index (κ2) is 6.21. The average molecular weight is 366 g/mol. The van der Waals surface area contributed by atoms with E-state index in [1.54, 1.807) is 28.4 Å². The van der Waals surface area contributed by atoms with Gasteiger partial charge in [-0.1, -0.05) is 0 Å². The second-order valence-electron chi connectivity index (χ2n) is 6.68. The standard InChI is InChI=1S/C18H18N6OS/c25-18-22-14-2-1-6-19-16(14)24(18)10-12-3-7-23(8-4-12)17-15-13(5-9-26-15)20-11-21-17/h1-2,5-6,9,11-12H,3-4,7-8,10H2,(H,22,25). The number of thiophene rings is 1. The van der Waals surface area contributed by atoms with Crippen molar-refractivity contribution >= 4 is 38.5 Å². The van der Waals surface area contributed by atoms with Gasteiger partial charge in [-0.15, -0.1) is 11.3 Å². The van der Waals surface area contributed by atoms with Crippen molar-refractivity contribution in [3.63, 3.8) is 0 Å². The summed E-state index contributed by atoms with van der Waals surface area (Å²) in [4.78, 5) is 30.7. The van der Waals surface area contributed by atoms with E-state index in [1.807, 2.05) is 18.2 Å². The van der Waals surface area contributed by atoms with Gasteiger partial charge in [-0.05, 0) is 42.3 Å². The fraction of sp³-hybridized carbons (Fsp3) is 0.333. The van der Waals surface area contributed by atoms with Crippen LogP contribution in [0.2, 0.25) is 0 Å². The van der Waals surface area contributed by atoms with Crippen LogP contribution in [0.5, 0.6) is 0 Å². The molecular formula is C18H18N6OS. The molecule has 1 fully saturated rings. The van der Waals surface area contributed by atoms with Crippen molar-refractivity contribution in [2.75, 3.05) is 18.0 Å². The lowest BCUT2D eigenvalue weighted by Gasteiger charge is -2.33. The second-order valence-corrected chi connectivity index (χ2v) is 7.59. The van der Waals surface area contributed by atoms with E-state index >= 15 is 0 Å². The number of piperidine rings is 1. The largest absolute Gasteiger partial charge is 0.355 e. The fourth-order valence-electron chi connectivity index (χ4n) is 3.74. The topological polar surface area (TPSA) is 79.7 Å². The first kappa shape index (κ1) is 15.5. The highest BCUT2D eigenvalue weighted by Gasteiger charge is 2.23. The van der Waals surface area contributed by atoms with Crippen molar-refractivity contribution < 1.29 is 0 Å². The van der Waals surface area contributed by atoms with Gasteiger partial charge in [0.15, 0.2) is 5.65 Å². The van der Waals surface area contributed by atoms with Gasteiger partial charge in [0.05, 0.1) is 15.7 Å². The highest BCUT2D eigenvalue weighted by atomic mass is 32.1. The molecule has 8 heteroatoms. The van der Waals surface area contributed by atoms with E-state index in [-0.39, 0.29) is 5.69 Å². The summed E-state index contributed by atoms with van der Waals surface area (Å²) in [6, 6.07) is 5.77. The summed E-state index contributed by atoms with van der Waals surface area (Å²) in [6.07, 6.45) is 5.44. The Morgan fingerprint density at radius 2 is 2.08 bits per heavy atom. The van der Waals surface area contributed by atoms with Gasteiger partial charge in [0, 0.05) is 25.8 Å². The van der Waals surface area contributed by atoms with Gasteiger partial charge in [-0.25, -0.2) is 19.7 Å². The molecule has 0 atom stereocenters. The molecule has 5 heterocycles. The molecule has 1 aliphatic heterocycles. The molecule has 0 radical (unpaired) electrons. The minimum absolute atomic E-state index is 0.0720. The third kappa shape index (κ3) is 2.57. The van der Waals surface area contributed by atoms with Crippen LogP contribution in [0.15, 0.2) is 40.9 Å². The van der Waals surface area contributed by atoms with Gasteiger partial charge in [0.2, 0.25) is 0 Å². The molecular weight excluding hydrogens is 348 g/mol. The van der Waals surface area contributed by atoms with Gasteiger partial charge in [-0.3, -0.25) is 4.57 Å². The maximum absolute atomic E-state index is 12.3. The number of anilines is 1. The Bertz CT molecular complexity index is 1120. The van der Waals surface area contributed by atoms with Gasteiger partial charge in [0.1, 0.15) is 12.1 Å². The van der Waals surface area contributed by atoms with Gasteiger partial charge in [0.25, 0.3) is 0 Å². The number of imidazole rings is 1. The first-order valence-electron chi connectivity index (χ1n) is 8.76. The quantitative estimate of drug-likeness (QED) is 0.603. The maximum Gasteiger partial charge on any atom is 0.327 e. The van der Waals surface area contributed by atoms with Crippen LogP contribution >= 0.6 is 11.3 Å².